The molecule has 2 aliphatic heterocycles. The number of benzene rings is 2. The SMILES string of the molecule is CC(NC(=O)CN1C(=O)NC2(CCCc3ccccc32)C1=O)c1ccc2c(c1)OCCO2. The van der Waals surface area contributed by atoms with Gasteiger partial charge in [-0.05, 0) is 55.0 Å². The standard InChI is InChI=1S/C24H25N3O5/c1-15(17-8-9-19-20(13-17)32-12-11-31-19)25-21(28)14-27-22(29)24(26-23(27)30)10-4-6-16-5-2-3-7-18(16)24/h2-3,5,7-9,13,15H,4,6,10-12,14H2,1H3,(H,25,28)(H,26,30). The number of carbonyl (C=O) groups excluding carboxylic acids is 3. The maximum absolute atomic E-state index is 13.3. The Morgan fingerprint density at radius 1 is 1.16 bits per heavy atom. The van der Waals surface area contributed by atoms with E-state index in [-0.39, 0.29) is 18.5 Å². The molecule has 1 aliphatic carbocycles. The van der Waals surface area contributed by atoms with E-state index < -0.39 is 17.5 Å². The fourth-order valence-electron chi connectivity index (χ4n) is 4.80. The lowest BCUT2D eigenvalue weighted by molar-refractivity contribution is -0.135. The van der Waals surface area contributed by atoms with E-state index in [0.29, 0.717) is 31.1 Å². The highest BCUT2D eigenvalue weighted by Crippen LogP contribution is 2.40. The van der Waals surface area contributed by atoms with Crippen LogP contribution < -0.4 is 20.1 Å². The highest BCUT2D eigenvalue weighted by Gasteiger charge is 2.54. The number of urea groups is 1. The molecule has 2 unspecified atom stereocenters. The topological polar surface area (TPSA) is 97.0 Å². The van der Waals surface area contributed by atoms with Gasteiger partial charge in [-0.15, -0.1) is 0 Å². The predicted octanol–water partition coefficient (Wildman–Crippen LogP) is 2.42. The maximum Gasteiger partial charge on any atom is 0.325 e. The molecule has 2 aromatic rings. The van der Waals surface area contributed by atoms with Gasteiger partial charge in [0.2, 0.25) is 5.91 Å². The summed E-state index contributed by atoms with van der Waals surface area (Å²) in [4.78, 5) is 39.8. The molecule has 2 heterocycles. The van der Waals surface area contributed by atoms with Crippen LogP contribution in [-0.4, -0.2) is 42.5 Å². The number of carbonyl (C=O) groups is 3. The molecule has 3 aliphatic rings. The summed E-state index contributed by atoms with van der Waals surface area (Å²) < 4.78 is 11.1. The van der Waals surface area contributed by atoms with Crippen LogP contribution in [0.3, 0.4) is 0 Å². The van der Waals surface area contributed by atoms with Crippen molar-refractivity contribution in [1.29, 1.82) is 0 Å². The van der Waals surface area contributed by atoms with Crippen LogP contribution >= 0.6 is 0 Å². The molecule has 8 heteroatoms. The first-order valence-electron chi connectivity index (χ1n) is 10.9. The summed E-state index contributed by atoms with van der Waals surface area (Å²) in [5.74, 6) is 0.548. The molecule has 1 fully saturated rings. The Labute approximate surface area is 185 Å². The van der Waals surface area contributed by atoms with Crippen LogP contribution in [0, 0.1) is 0 Å². The van der Waals surface area contributed by atoms with Crippen LogP contribution in [0.1, 0.15) is 42.5 Å². The first-order valence-corrected chi connectivity index (χ1v) is 10.9. The van der Waals surface area contributed by atoms with E-state index in [9.17, 15) is 14.4 Å². The Hall–Kier alpha value is -3.55. The van der Waals surface area contributed by atoms with Crippen molar-refractivity contribution in [1.82, 2.24) is 15.5 Å². The Morgan fingerprint density at radius 2 is 1.94 bits per heavy atom. The minimum absolute atomic E-state index is 0.330. The molecule has 32 heavy (non-hydrogen) atoms. The molecule has 1 spiro atoms. The summed E-state index contributed by atoms with van der Waals surface area (Å²) in [6.07, 6.45) is 2.19. The molecule has 8 nitrogen and oxygen atoms in total. The number of hydrogen-bond donors (Lipinski definition) is 2. The smallest absolute Gasteiger partial charge is 0.325 e. The number of nitrogens with one attached hydrogen (secondary N) is 2. The number of fused-ring (bicyclic) bond motifs is 3. The summed E-state index contributed by atoms with van der Waals surface area (Å²) in [7, 11) is 0. The molecule has 166 valence electrons. The second-order valence-electron chi connectivity index (χ2n) is 8.43. The molecule has 5 rings (SSSR count). The summed E-state index contributed by atoms with van der Waals surface area (Å²) >= 11 is 0. The zero-order valence-corrected chi connectivity index (χ0v) is 17.8. The van der Waals surface area contributed by atoms with Crippen molar-refractivity contribution in [3.63, 3.8) is 0 Å². The lowest BCUT2D eigenvalue weighted by Crippen LogP contribution is -2.47. The quantitative estimate of drug-likeness (QED) is 0.719. The molecule has 2 N–H and O–H groups in total. The van der Waals surface area contributed by atoms with Gasteiger partial charge in [-0.2, -0.15) is 0 Å². The number of nitrogens with zero attached hydrogens (tertiary/aromatic N) is 1. The number of hydrogen-bond acceptors (Lipinski definition) is 5. The van der Waals surface area contributed by atoms with Crippen LogP contribution in [0.5, 0.6) is 11.5 Å². The zero-order chi connectivity index (χ0) is 22.3. The fourth-order valence-corrected chi connectivity index (χ4v) is 4.80. The van der Waals surface area contributed by atoms with Gasteiger partial charge < -0.3 is 20.1 Å². The van der Waals surface area contributed by atoms with Gasteiger partial charge in [0.15, 0.2) is 11.5 Å². The van der Waals surface area contributed by atoms with E-state index in [1.54, 1.807) is 0 Å². The lowest BCUT2D eigenvalue weighted by atomic mass is 9.76. The van der Waals surface area contributed by atoms with Gasteiger partial charge in [0.1, 0.15) is 25.3 Å². The van der Waals surface area contributed by atoms with Crippen molar-refractivity contribution >= 4 is 17.8 Å². The van der Waals surface area contributed by atoms with Crippen molar-refractivity contribution in [2.24, 2.45) is 0 Å². The molecular weight excluding hydrogens is 410 g/mol. The van der Waals surface area contributed by atoms with Crippen LogP contribution in [0.4, 0.5) is 4.79 Å². The predicted molar refractivity (Wildman–Crippen MR) is 115 cm³/mol. The molecule has 0 saturated carbocycles. The maximum atomic E-state index is 13.3. The Balaban J connectivity index is 1.29. The third kappa shape index (κ3) is 3.36. The molecule has 0 radical (unpaired) electrons. The molecule has 0 bridgehead atoms. The highest BCUT2D eigenvalue weighted by atomic mass is 16.6. The Bertz CT molecular complexity index is 1100. The van der Waals surface area contributed by atoms with Crippen molar-refractivity contribution in [2.75, 3.05) is 19.8 Å². The van der Waals surface area contributed by atoms with E-state index in [0.717, 1.165) is 34.4 Å². The van der Waals surface area contributed by atoms with Crippen LogP contribution in [0.2, 0.25) is 0 Å². The van der Waals surface area contributed by atoms with Gasteiger partial charge in [-0.1, -0.05) is 30.3 Å². The number of rotatable bonds is 4. The van der Waals surface area contributed by atoms with Gasteiger partial charge in [-0.25, -0.2) is 4.79 Å². The number of aryl methyl sites for hydroxylation is 1. The first kappa shape index (κ1) is 20.4. The number of imide groups is 1. The van der Waals surface area contributed by atoms with Crippen LogP contribution in [-0.2, 0) is 21.5 Å². The average Bonchev–Trinajstić information content (AvgIpc) is 3.03. The second-order valence-corrected chi connectivity index (χ2v) is 8.43. The number of ether oxygens (including phenoxy) is 2. The molecular formula is C24H25N3O5. The van der Waals surface area contributed by atoms with E-state index in [4.69, 9.17) is 9.47 Å². The van der Waals surface area contributed by atoms with Crippen LogP contribution in [0.15, 0.2) is 42.5 Å². The van der Waals surface area contributed by atoms with Gasteiger partial charge in [0.05, 0.1) is 6.04 Å². The Morgan fingerprint density at radius 3 is 2.78 bits per heavy atom. The molecule has 1 saturated heterocycles. The molecule has 4 amide bonds. The summed E-state index contributed by atoms with van der Waals surface area (Å²) in [5.41, 5.74) is 1.66. The summed E-state index contributed by atoms with van der Waals surface area (Å²) in [5, 5.41) is 5.75. The third-order valence-electron chi connectivity index (χ3n) is 6.40. The minimum Gasteiger partial charge on any atom is -0.486 e. The monoisotopic (exact) mass is 435 g/mol. The van der Waals surface area contributed by atoms with Gasteiger partial charge in [0.25, 0.3) is 5.91 Å². The second kappa shape index (κ2) is 7.85. The molecule has 2 atom stereocenters. The largest absolute Gasteiger partial charge is 0.486 e. The van der Waals surface area contributed by atoms with Gasteiger partial charge in [-0.3, -0.25) is 14.5 Å². The Kier molecular flexibility index (Phi) is 5.00. The van der Waals surface area contributed by atoms with E-state index in [2.05, 4.69) is 10.6 Å². The average molecular weight is 435 g/mol. The minimum atomic E-state index is -1.08. The van der Waals surface area contributed by atoms with Crippen LogP contribution in [0.25, 0.3) is 0 Å². The summed E-state index contributed by atoms with van der Waals surface area (Å²) in [6, 6.07) is 12.3. The van der Waals surface area contributed by atoms with Crippen molar-refractivity contribution in [2.45, 2.75) is 37.8 Å². The van der Waals surface area contributed by atoms with Gasteiger partial charge >= 0.3 is 6.03 Å². The summed E-state index contributed by atoms with van der Waals surface area (Å²) in [6.45, 7) is 2.50. The normalized spacial score (nSPS) is 22.3. The molecule has 0 aromatic heterocycles. The van der Waals surface area contributed by atoms with E-state index in [1.807, 2.05) is 49.4 Å². The van der Waals surface area contributed by atoms with E-state index in [1.165, 1.54) is 0 Å². The third-order valence-corrected chi connectivity index (χ3v) is 6.40. The lowest BCUT2D eigenvalue weighted by Gasteiger charge is -2.33. The van der Waals surface area contributed by atoms with Crippen molar-refractivity contribution < 1.29 is 23.9 Å². The molecule has 2 aromatic carbocycles. The fraction of sp³-hybridized carbons (Fsp3) is 0.375. The van der Waals surface area contributed by atoms with E-state index >= 15 is 0 Å². The van der Waals surface area contributed by atoms with Gasteiger partial charge in [0, 0.05) is 0 Å². The van der Waals surface area contributed by atoms with Crippen molar-refractivity contribution in [3.8, 4) is 11.5 Å². The zero-order valence-electron chi connectivity index (χ0n) is 17.8. The van der Waals surface area contributed by atoms with Crippen molar-refractivity contribution in [3.05, 3.63) is 59.2 Å². The first-order chi connectivity index (χ1) is 15.5. The highest BCUT2D eigenvalue weighted by molar-refractivity contribution is 6.09. The number of amides is 4.